The fourth-order valence-corrected chi connectivity index (χ4v) is 4.09. The van der Waals surface area contributed by atoms with Crippen molar-refractivity contribution in [3.05, 3.63) is 47.2 Å². The van der Waals surface area contributed by atoms with Crippen LogP contribution >= 0.6 is 11.3 Å². The van der Waals surface area contributed by atoms with Crippen molar-refractivity contribution >= 4 is 33.1 Å². The molecule has 0 spiro atoms. The largest absolute Gasteiger partial charge is 0.453 e. The number of nitrogens with zero attached hydrogens (tertiary/aromatic N) is 2. The minimum atomic E-state index is -0.551. The molecule has 3 rings (SSSR count). The van der Waals surface area contributed by atoms with E-state index < -0.39 is 5.82 Å². The Bertz CT molecular complexity index is 1000. The summed E-state index contributed by atoms with van der Waals surface area (Å²) in [5.41, 5.74) is 1.21. The van der Waals surface area contributed by atoms with Gasteiger partial charge in [-0.15, -0.1) is 11.3 Å². The average Bonchev–Trinajstić information content (AvgIpc) is 3.16. The van der Waals surface area contributed by atoms with E-state index in [1.54, 1.807) is 29.7 Å². The maximum Gasteiger partial charge on any atom is 0.226 e. The van der Waals surface area contributed by atoms with Crippen LogP contribution in [-0.4, -0.2) is 42.6 Å². The molecule has 0 aliphatic rings. The molecule has 1 amide bonds. The van der Waals surface area contributed by atoms with Gasteiger partial charge in [0.05, 0.1) is 23.2 Å². The molecule has 0 unspecified atom stereocenters. The zero-order chi connectivity index (χ0) is 21.5. The van der Waals surface area contributed by atoms with Crippen molar-refractivity contribution in [1.29, 1.82) is 0 Å². The van der Waals surface area contributed by atoms with E-state index in [4.69, 9.17) is 9.47 Å². The highest BCUT2D eigenvalue weighted by Gasteiger charge is 2.14. The van der Waals surface area contributed by atoms with Crippen LogP contribution in [0.2, 0.25) is 0 Å². The van der Waals surface area contributed by atoms with E-state index in [-0.39, 0.29) is 18.1 Å². The lowest BCUT2D eigenvalue weighted by Gasteiger charge is -2.16. The van der Waals surface area contributed by atoms with Gasteiger partial charge < -0.3 is 14.8 Å². The molecule has 8 heteroatoms. The Hall–Kier alpha value is -2.55. The van der Waals surface area contributed by atoms with Gasteiger partial charge in [0, 0.05) is 42.5 Å². The molecule has 0 aliphatic heterocycles. The quantitative estimate of drug-likeness (QED) is 0.487. The average molecular weight is 432 g/mol. The second-order valence-electron chi connectivity index (χ2n) is 6.74. The summed E-state index contributed by atoms with van der Waals surface area (Å²) in [4.78, 5) is 19.7. The number of aromatic nitrogens is 1. The number of pyridine rings is 1. The number of halogens is 1. The summed E-state index contributed by atoms with van der Waals surface area (Å²) >= 11 is 1.61. The van der Waals surface area contributed by atoms with Gasteiger partial charge in [0.25, 0.3) is 0 Å². The molecule has 1 N–H and O–H groups in total. The third-order valence-corrected chi connectivity index (χ3v) is 5.79. The minimum Gasteiger partial charge on any atom is -0.453 e. The monoisotopic (exact) mass is 431 g/mol. The number of nitrogens with one attached hydrogen (secondary N) is 1. The predicted molar refractivity (Wildman–Crippen MR) is 118 cm³/mol. The third kappa shape index (κ3) is 5.53. The molecule has 0 radical (unpaired) electrons. The Labute approximate surface area is 179 Å². The minimum absolute atomic E-state index is 0.0936. The number of hydrogen-bond donors (Lipinski definition) is 1. The molecule has 30 heavy (non-hydrogen) atoms. The smallest absolute Gasteiger partial charge is 0.226 e. The normalized spacial score (nSPS) is 11.2. The Morgan fingerprint density at radius 1 is 1.20 bits per heavy atom. The van der Waals surface area contributed by atoms with Crippen molar-refractivity contribution in [2.45, 2.75) is 26.8 Å². The first-order valence-corrected chi connectivity index (χ1v) is 10.7. The van der Waals surface area contributed by atoms with Crippen molar-refractivity contribution in [3.63, 3.8) is 0 Å². The number of carbonyl (C=O) groups is 1. The lowest BCUT2D eigenvalue weighted by Crippen LogP contribution is -2.21. The van der Waals surface area contributed by atoms with Gasteiger partial charge in [0.2, 0.25) is 5.91 Å². The molecule has 0 aliphatic carbocycles. The summed E-state index contributed by atoms with van der Waals surface area (Å²) in [7, 11) is 1.52. The van der Waals surface area contributed by atoms with Crippen molar-refractivity contribution in [2.24, 2.45) is 0 Å². The van der Waals surface area contributed by atoms with E-state index in [0.29, 0.717) is 18.0 Å². The molecular weight excluding hydrogens is 405 g/mol. The van der Waals surface area contributed by atoms with Crippen molar-refractivity contribution < 1.29 is 18.7 Å². The molecule has 0 bridgehead atoms. The molecule has 6 nitrogen and oxygen atoms in total. The van der Waals surface area contributed by atoms with Crippen LogP contribution in [0.4, 0.5) is 10.1 Å². The highest BCUT2D eigenvalue weighted by atomic mass is 32.1. The Kier molecular flexibility index (Phi) is 7.73. The number of ether oxygens (including phenoxy) is 2. The summed E-state index contributed by atoms with van der Waals surface area (Å²) in [6.07, 6.45) is 1.87. The summed E-state index contributed by atoms with van der Waals surface area (Å²) in [6.45, 7) is 7.37. The Morgan fingerprint density at radius 2 is 2.00 bits per heavy atom. The topological polar surface area (TPSA) is 63.7 Å². The van der Waals surface area contributed by atoms with Crippen LogP contribution < -0.4 is 10.1 Å². The number of rotatable bonds is 10. The molecular formula is C22H26FN3O3S. The molecule has 2 heterocycles. The molecule has 0 atom stereocenters. The third-order valence-electron chi connectivity index (χ3n) is 4.67. The lowest BCUT2D eigenvalue weighted by atomic mass is 10.2. The Balaban J connectivity index is 1.77. The fraction of sp³-hybridized carbons (Fsp3) is 0.364. The van der Waals surface area contributed by atoms with Gasteiger partial charge in [-0.2, -0.15) is 0 Å². The fourth-order valence-electron chi connectivity index (χ4n) is 2.99. The van der Waals surface area contributed by atoms with Crippen LogP contribution in [0.1, 0.15) is 25.1 Å². The summed E-state index contributed by atoms with van der Waals surface area (Å²) in [6, 6.07) is 8.17. The van der Waals surface area contributed by atoms with E-state index >= 15 is 0 Å². The van der Waals surface area contributed by atoms with Gasteiger partial charge in [-0.3, -0.25) is 14.7 Å². The summed E-state index contributed by atoms with van der Waals surface area (Å²) in [5, 5.41) is 2.64. The second-order valence-corrected chi connectivity index (χ2v) is 7.87. The Morgan fingerprint density at radius 3 is 2.70 bits per heavy atom. The first-order chi connectivity index (χ1) is 14.5. The van der Waals surface area contributed by atoms with Crippen LogP contribution in [0.3, 0.4) is 0 Å². The summed E-state index contributed by atoms with van der Waals surface area (Å²) < 4.78 is 26.2. The highest BCUT2D eigenvalue weighted by Crippen LogP contribution is 2.36. The summed E-state index contributed by atoms with van der Waals surface area (Å²) in [5.74, 6) is -0.132. The lowest BCUT2D eigenvalue weighted by molar-refractivity contribution is -0.117. The number of benzene rings is 1. The number of amides is 1. The molecule has 1 aromatic carbocycles. The van der Waals surface area contributed by atoms with Crippen LogP contribution in [0.15, 0.2) is 36.5 Å². The van der Waals surface area contributed by atoms with Crippen molar-refractivity contribution in [1.82, 2.24) is 9.88 Å². The van der Waals surface area contributed by atoms with E-state index in [9.17, 15) is 9.18 Å². The van der Waals surface area contributed by atoms with E-state index in [1.807, 2.05) is 0 Å². The number of thiophene rings is 1. The molecule has 3 aromatic rings. The van der Waals surface area contributed by atoms with E-state index in [2.05, 4.69) is 35.1 Å². The first-order valence-electron chi connectivity index (χ1n) is 9.90. The van der Waals surface area contributed by atoms with Gasteiger partial charge in [-0.1, -0.05) is 13.8 Å². The van der Waals surface area contributed by atoms with E-state index in [1.165, 1.54) is 24.1 Å². The van der Waals surface area contributed by atoms with Gasteiger partial charge >= 0.3 is 0 Å². The molecule has 0 saturated carbocycles. The van der Waals surface area contributed by atoms with Crippen LogP contribution in [0.5, 0.6) is 11.5 Å². The van der Waals surface area contributed by atoms with Crippen LogP contribution in [0, 0.1) is 5.82 Å². The van der Waals surface area contributed by atoms with Crippen LogP contribution in [0.25, 0.3) is 10.2 Å². The maximum absolute atomic E-state index is 14.6. The van der Waals surface area contributed by atoms with Gasteiger partial charge in [-0.25, -0.2) is 4.39 Å². The number of fused-ring (bicyclic) bond motifs is 1. The molecule has 0 saturated heterocycles. The van der Waals surface area contributed by atoms with Gasteiger partial charge in [0.1, 0.15) is 5.75 Å². The number of methoxy groups -OCH3 is 1. The molecule has 0 fully saturated rings. The second kappa shape index (κ2) is 10.5. The van der Waals surface area contributed by atoms with Gasteiger partial charge in [-0.05, 0) is 31.3 Å². The number of hydrogen-bond acceptors (Lipinski definition) is 6. The predicted octanol–water partition coefficient (Wildman–Crippen LogP) is 5.04. The van der Waals surface area contributed by atoms with Crippen molar-refractivity contribution in [3.8, 4) is 11.5 Å². The highest BCUT2D eigenvalue weighted by molar-refractivity contribution is 7.19. The number of anilines is 1. The van der Waals surface area contributed by atoms with Gasteiger partial charge in [0.15, 0.2) is 11.6 Å². The SMILES string of the molecule is CCN(CC)Cc1cc2nccc(Oc3ccc(NC(=O)CCOC)cc3F)c2s1. The molecule has 160 valence electrons. The zero-order valence-corrected chi connectivity index (χ0v) is 18.2. The maximum atomic E-state index is 14.6. The zero-order valence-electron chi connectivity index (χ0n) is 17.4. The van der Waals surface area contributed by atoms with Crippen LogP contribution in [-0.2, 0) is 16.1 Å². The number of carbonyl (C=O) groups excluding carboxylic acids is 1. The van der Waals surface area contributed by atoms with E-state index in [0.717, 1.165) is 29.9 Å². The standard InChI is InChI=1S/C22H26FN3O3S/c1-4-26(5-2)14-16-13-18-22(30-16)20(8-10-24-18)29-19-7-6-15(12-17(19)23)25-21(27)9-11-28-3/h6-8,10,12-13H,4-5,9,11,14H2,1-3H3,(H,25,27). The first kappa shape index (κ1) is 22.1. The van der Waals surface area contributed by atoms with Crippen molar-refractivity contribution in [2.75, 3.05) is 32.1 Å². The molecule has 2 aromatic heterocycles.